The highest BCUT2D eigenvalue weighted by Crippen LogP contribution is 2.27. The summed E-state index contributed by atoms with van der Waals surface area (Å²) in [6, 6.07) is 0. The van der Waals surface area contributed by atoms with Crippen molar-refractivity contribution in [2.75, 3.05) is 21.1 Å². The van der Waals surface area contributed by atoms with Gasteiger partial charge in [0.2, 0.25) is 11.8 Å². The third-order valence-corrected chi connectivity index (χ3v) is 3.51. The monoisotopic (exact) mass is 269 g/mol. The number of carbonyl (C=O) groups excluding carboxylic acids is 2. The minimum Gasteiger partial charge on any atom is -0.359 e. The van der Waals surface area contributed by atoms with Crippen LogP contribution in [0.25, 0.3) is 0 Å². The molecule has 0 aromatic carbocycles. The van der Waals surface area contributed by atoms with E-state index in [1.807, 2.05) is 5.38 Å². The minimum absolute atomic E-state index is 0.0590. The summed E-state index contributed by atoms with van der Waals surface area (Å²) in [5.41, 5.74) is 1.81. The fourth-order valence-corrected chi connectivity index (χ4v) is 2.30. The van der Waals surface area contributed by atoms with E-state index in [-0.39, 0.29) is 18.2 Å². The van der Waals surface area contributed by atoms with E-state index < -0.39 is 5.41 Å². The number of rotatable bonds is 5. The average Bonchev–Trinajstić information content (AvgIpc) is 2.80. The van der Waals surface area contributed by atoms with Gasteiger partial charge in [0.05, 0.1) is 16.6 Å². The van der Waals surface area contributed by atoms with Crippen molar-refractivity contribution in [2.24, 2.45) is 5.41 Å². The number of nitrogens with zero attached hydrogens (tertiary/aromatic N) is 2. The van der Waals surface area contributed by atoms with Crippen molar-refractivity contribution in [2.45, 2.75) is 19.8 Å². The molecule has 0 spiro atoms. The SMILES string of the molecule is CNC(=O)C(C)(CC(=O)N(C)C)Cc1cscn1. The van der Waals surface area contributed by atoms with E-state index in [0.717, 1.165) is 5.69 Å². The highest BCUT2D eigenvalue weighted by Gasteiger charge is 2.36. The molecule has 1 aromatic heterocycles. The van der Waals surface area contributed by atoms with Crippen LogP contribution in [-0.4, -0.2) is 42.8 Å². The Labute approximate surface area is 111 Å². The molecular weight excluding hydrogens is 250 g/mol. The summed E-state index contributed by atoms with van der Waals surface area (Å²) in [6.07, 6.45) is 0.646. The minimum atomic E-state index is -0.760. The average molecular weight is 269 g/mol. The number of thiazole rings is 1. The first-order valence-electron chi connectivity index (χ1n) is 5.68. The molecule has 1 atom stereocenters. The second-order valence-electron chi connectivity index (χ2n) is 4.76. The maximum absolute atomic E-state index is 12.0. The van der Waals surface area contributed by atoms with Gasteiger partial charge in [-0.15, -0.1) is 11.3 Å². The maximum atomic E-state index is 12.0. The quantitative estimate of drug-likeness (QED) is 0.864. The molecule has 1 unspecified atom stereocenters. The fraction of sp³-hybridized carbons (Fsp3) is 0.583. The first-order valence-corrected chi connectivity index (χ1v) is 6.63. The molecule has 1 aromatic rings. The van der Waals surface area contributed by atoms with Crippen molar-refractivity contribution in [1.82, 2.24) is 15.2 Å². The predicted molar refractivity (Wildman–Crippen MR) is 71.3 cm³/mol. The summed E-state index contributed by atoms with van der Waals surface area (Å²) in [4.78, 5) is 29.5. The van der Waals surface area contributed by atoms with Gasteiger partial charge in [-0.3, -0.25) is 9.59 Å². The van der Waals surface area contributed by atoms with Crippen molar-refractivity contribution in [3.8, 4) is 0 Å². The van der Waals surface area contributed by atoms with Gasteiger partial charge in [0.1, 0.15) is 0 Å². The second kappa shape index (κ2) is 5.95. The smallest absolute Gasteiger partial charge is 0.226 e. The summed E-state index contributed by atoms with van der Waals surface area (Å²) in [7, 11) is 4.96. The summed E-state index contributed by atoms with van der Waals surface area (Å²) in [5, 5.41) is 4.53. The lowest BCUT2D eigenvalue weighted by molar-refractivity contribution is -0.138. The van der Waals surface area contributed by atoms with Gasteiger partial charge in [0, 0.05) is 39.4 Å². The Kier molecular flexibility index (Phi) is 4.84. The van der Waals surface area contributed by atoms with Gasteiger partial charge in [-0.2, -0.15) is 0 Å². The van der Waals surface area contributed by atoms with Crippen LogP contribution in [0.3, 0.4) is 0 Å². The second-order valence-corrected chi connectivity index (χ2v) is 5.48. The Morgan fingerprint density at radius 3 is 2.61 bits per heavy atom. The summed E-state index contributed by atoms with van der Waals surface area (Å²) >= 11 is 1.49. The number of hydrogen-bond donors (Lipinski definition) is 1. The van der Waals surface area contributed by atoms with Crippen LogP contribution in [0.4, 0.5) is 0 Å². The number of carbonyl (C=O) groups is 2. The normalized spacial score (nSPS) is 13.8. The molecule has 18 heavy (non-hydrogen) atoms. The number of nitrogens with one attached hydrogen (secondary N) is 1. The topological polar surface area (TPSA) is 62.3 Å². The highest BCUT2D eigenvalue weighted by molar-refractivity contribution is 7.07. The molecule has 100 valence electrons. The van der Waals surface area contributed by atoms with E-state index in [9.17, 15) is 9.59 Å². The lowest BCUT2D eigenvalue weighted by atomic mass is 9.81. The molecule has 0 saturated carbocycles. The molecule has 5 nitrogen and oxygen atoms in total. The van der Waals surface area contributed by atoms with Gasteiger partial charge >= 0.3 is 0 Å². The van der Waals surface area contributed by atoms with Crippen LogP contribution < -0.4 is 5.32 Å². The first kappa shape index (κ1) is 14.6. The predicted octanol–water partition coefficient (Wildman–Crippen LogP) is 0.916. The van der Waals surface area contributed by atoms with Crippen molar-refractivity contribution in [3.63, 3.8) is 0 Å². The number of aromatic nitrogens is 1. The highest BCUT2D eigenvalue weighted by atomic mass is 32.1. The molecule has 0 aliphatic carbocycles. The van der Waals surface area contributed by atoms with Crippen LogP contribution in [0.1, 0.15) is 19.0 Å². The molecule has 0 aliphatic heterocycles. The Morgan fingerprint density at radius 1 is 1.50 bits per heavy atom. The summed E-state index contributed by atoms with van der Waals surface area (Å²) in [6.45, 7) is 1.80. The third kappa shape index (κ3) is 3.53. The summed E-state index contributed by atoms with van der Waals surface area (Å²) < 4.78 is 0. The summed E-state index contributed by atoms with van der Waals surface area (Å²) in [5.74, 6) is -0.193. The van der Waals surface area contributed by atoms with Crippen LogP contribution in [0.15, 0.2) is 10.9 Å². The zero-order valence-electron chi connectivity index (χ0n) is 11.2. The van der Waals surface area contributed by atoms with Gasteiger partial charge in [-0.1, -0.05) is 0 Å². The Hall–Kier alpha value is -1.43. The molecule has 2 amide bonds. The number of amides is 2. The molecule has 0 radical (unpaired) electrons. The Morgan fingerprint density at radius 2 is 2.17 bits per heavy atom. The van der Waals surface area contributed by atoms with E-state index in [1.54, 1.807) is 33.6 Å². The lowest BCUT2D eigenvalue weighted by Gasteiger charge is -2.27. The van der Waals surface area contributed by atoms with Crippen molar-refractivity contribution >= 4 is 23.2 Å². The van der Waals surface area contributed by atoms with Crippen LogP contribution >= 0.6 is 11.3 Å². The van der Waals surface area contributed by atoms with Gasteiger partial charge < -0.3 is 10.2 Å². The van der Waals surface area contributed by atoms with Crippen LogP contribution in [-0.2, 0) is 16.0 Å². The zero-order chi connectivity index (χ0) is 13.8. The van der Waals surface area contributed by atoms with E-state index >= 15 is 0 Å². The van der Waals surface area contributed by atoms with E-state index in [2.05, 4.69) is 10.3 Å². The van der Waals surface area contributed by atoms with Gasteiger partial charge in [0.15, 0.2) is 0 Å². The third-order valence-electron chi connectivity index (χ3n) is 2.87. The van der Waals surface area contributed by atoms with E-state index in [1.165, 1.54) is 16.2 Å². The Balaban J connectivity index is 2.88. The van der Waals surface area contributed by atoms with Gasteiger partial charge in [-0.05, 0) is 6.92 Å². The zero-order valence-corrected chi connectivity index (χ0v) is 12.0. The van der Waals surface area contributed by atoms with Gasteiger partial charge in [-0.25, -0.2) is 4.98 Å². The van der Waals surface area contributed by atoms with E-state index in [0.29, 0.717) is 6.42 Å². The molecule has 0 saturated heterocycles. The largest absolute Gasteiger partial charge is 0.359 e. The molecule has 0 aliphatic rings. The molecule has 1 N–H and O–H groups in total. The molecule has 1 heterocycles. The Bertz CT molecular complexity index is 417. The van der Waals surface area contributed by atoms with E-state index in [4.69, 9.17) is 0 Å². The fourth-order valence-electron chi connectivity index (χ4n) is 1.74. The molecule has 1 rings (SSSR count). The lowest BCUT2D eigenvalue weighted by Crippen LogP contribution is -2.42. The van der Waals surface area contributed by atoms with Crippen LogP contribution in [0, 0.1) is 5.41 Å². The molecule has 0 fully saturated rings. The van der Waals surface area contributed by atoms with Crippen molar-refractivity contribution in [3.05, 3.63) is 16.6 Å². The number of hydrogen-bond acceptors (Lipinski definition) is 4. The molecule has 0 bridgehead atoms. The molecule has 6 heteroatoms. The maximum Gasteiger partial charge on any atom is 0.226 e. The van der Waals surface area contributed by atoms with Crippen LogP contribution in [0.2, 0.25) is 0 Å². The molecular formula is C12H19N3O2S. The van der Waals surface area contributed by atoms with Crippen molar-refractivity contribution in [1.29, 1.82) is 0 Å². The van der Waals surface area contributed by atoms with Crippen LogP contribution in [0.5, 0.6) is 0 Å². The van der Waals surface area contributed by atoms with Gasteiger partial charge in [0.25, 0.3) is 0 Å². The first-order chi connectivity index (χ1) is 8.39. The van der Waals surface area contributed by atoms with Crippen molar-refractivity contribution < 1.29 is 9.59 Å². The standard InChI is InChI=1S/C12H19N3O2S/c1-12(11(17)13-2,6-10(16)15(3)4)5-9-7-18-8-14-9/h7-8H,5-6H2,1-4H3,(H,13,17).